The summed E-state index contributed by atoms with van der Waals surface area (Å²) >= 11 is 0. The number of aryl methyl sites for hydroxylation is 1. The Kier molecular flexibility index (Phi) is 3.15. The molecular weight excluding hydrogens is 214 g/mol. The number of aliphatic hydroxyl groups excluding tert-OH is 1. The summed E-state index contributed by atoms with van der Waals surface area (Å²) in [5.74, 6) is 0.336. The molecule has 2 aromatic rings. The van der Waals surface area contributed by atoms with Crippen LogP contribution in [-0.2, 0) is 0 Å². The van der Waals surface area contributed by atoms with E-state index >= 15 is 0 Å². The molecule has 2 aromatic heterocycles. The fourth-order valence-corrected chi connectivity index (χ4v) is 2.05. The van der Waals surface area contributed by atoms with Gasteiger partial charge < -0.3 is 5.11 Å². The van der Waals surface area contributed by atoms with Crippen molar-refractivity contribution in [2.24, 2.45) is 0 Å². The molecule has 1 atom stereocenters. The third-order valence-electron chi connectivity index (χ3n) is 2.95. The molecule has 0 saturated heterocycles. The molecule has 0 aromatic carbocycles. The van der Waals surface area contributed by atoms with Gasteiger partial charge in [0.05, 0.1) is 18.3 Å². The zero-order chi connectivity index (χ0) is 12.6. The molecule has 0 amide bonds. The second-order valence-electron chi connectivity index (χ2n) is 4.84. The van der Waals surface area contributed by atoms with Gasteiger partial charge in [-0.1, -0.05) is 13.8 Å². The van der Waals surface area contributed by atoms with Crippen LogP contribution in [0.25, 0.3) is 11.0 Å². The van der Waals surface area contributed by atoms with E-state index < -0.39 is 0 Å². The van der Waals surface area contributed by atoms with Crippen LogP contribution in [0.3, 0.4) is 0 Å². The second-order valence-corrected chi connectivity index (χ2v) is 4.84. The van der Waals surface area contributed by atoms with Crippen molar-refractivity contribution in [3.05, 3.63) is 23.5 Å². The summed E-state index contributed by atoms with van der Waals surface area (Å²) in [6.45, 7) is 8.29. The highest BCUT2D eigenvalue weighted by atomic mass is 16.3. The van der Waals surface area contributed by atoms with Crippen LogP contribution in [-0.4, -0.2) is 26.5 Å². The molecule has 0 radical (unpaired) electrons. The fraction of sp³-hybridized carbons (Fsp3) is 0.538. The first-order valence-corrected chi connectivity index (χ1v) is 6.01. The van der Waals surface area contributed by atoms with Gasteiger partial charge in [-0.3, -0.25) is 4.68 Å². The number of nitrogens with zero attached hydrogens (tertiary/aromatic N) is 3. The molecule has 17 heavy (non-hydrogen) atoms. The van der Waals surface area contributed by atoms with Crippen LogP contribution in [0.5, 0.6) is 0 Å². The Morgan fingerprint density at radius 3 is 2.59 bits per heavy atom. The van der Waals surface area contributed by atoms with Gasteiger partial charge in [0.2, 0.25) is 0 Å². The van der Waals surface area contributed by atoms with E-state index in [1.54, 1.807) is 0 Å². The van der Waals surface area contributed by atoms with Crippen LogP contribution in [0.1, 0.15) is 44.1 Å². The van der Waals surface area contributed by atoms with Crippen molar-refractivity contribution in [1.82, 2.24) is 14.8 Å². The van der Waals surface area contributed by atoms with Crippen molar-refractivity contribution in [2.75, 3.05) is 6.61 Å². The molecule has 0 spiro atoms. The first-order chi connectivity index (χ1) is 8.04. The number of hydrogen-bond acceptors (Lipinski definition) is 3. The standard InChI is InChI=1S/C13H19N3O/c1-8(2)13-12-11(6-5-9(3)14-12)15-16(13)10(4)7-17/h5-6,8,10,17H,7H2,1-4H3. The van der Waals surface area contributed by atoms with Gasteiger partial charge in [-0.25, -0.2) is 4.98 Å². The van der Waals surface area contributed by atoms with Crippen molar-refractivity contribution in [1.29, 1.82) is 0 Å². The quantitative estimate of drug-likeness (QED) is 0.885. The normalized spacial score (nSPS) is 13.5. The topological polar surface area (TPSA) is 50.9 Å². The average molecular weight is 233 g/mol. The van der Waals surface area contributed by atoms with Gasteiger partial charge in [-0.05, 0) is 31.9 Å². The molecular formula is C13H19N3O. The molecule has 4 nitrogen and oxygen atoms in total. The van der Waals surface area contributed by atoms with E-state index in [0.29, 0.717) is 5.92 Å². The van der Waals surface area contributed by atoms with Gasteiger partial charge in [0.25, 0.3) is 0 Å². The summed E-state index contributed by atoms with van der Waals surface area (Å²) in [5.41, 5.74) is 3.96. The highest BCUT2D eigenvalue weighted by Gasteiger charge is 2.18. The second kappa shape index (κ2) is 4.45. The Morgan fingerprint density at radius 2 is 2.00 bits per heavy atom. The van der Waals surface area contributed by atoms with Gasteiger partial charge in [-0.2, -0.15) is 5.10 Å². The summed E-state index contributed by atoms with van der Waals surface area (Å²) in [6, 6.07) is 3.94. The number of hydrogen-bond donors (Lipinski definition) is 1. The largest absolute Gasteiger partial charge is 0.394 e. The van der Waals surface area contributed by atoms with E-state index in [1.165, 1.54) is 0 Å². The first-order valence-electron chi connectivity index (χ1n) is 6.01. The minimum absolute atomic E-state index is 0.0121. The molecule has 0 bridgehead atoms. The zero-order valence-electron chi connectivity index (χ0n) is 10.8. The summed E-state index contributed by atoms with van der Waals surface area (Å²) < 4.78 is 1.90. The maximum atomic E-state index is 9.29. The first kappa shape index (κ1) is 12.0. The van der Waals surface area contributed by atoms with Crippen LogP contribution in [0.4, 0.5) is 0 Å². The zero-order valence-corrected chi connectivity index (χ0v) is 10.8. The van der Waals surface area contributed by atoms with Gasteiger partial charge >= 0.3 is 0 Å². The van der Waals surface area contributed by atoms with Gasteiger partial charge in [0, 0.05) is 5.69 Å². The lowest BCUT2D eigenvalue weighted by atomic mass is 10.1. The third kappa shape index (κ3) is 2.05. The highest BCUT2D eigenvalue weighted by molar-refractivity contribution is 5.77. The molecule has 0 aliphatic carbocycles. The molecule has 0 saturated carbocycles. The third-order valence-corrected chi connectivity index (χ3v) is 2.95. The van der Waals surface area contributed by atoms with Crippen molar-refractivity contribution >= 4 is 11.0 Å². The van der Waals surface area contributed by atoms with Gasteiger partial charge in [-0.15, -0.1) is 0 Å². The summed E-state index contributed by atoms with van der Waals surface area (Å²) in [4.78, 5) is 4.57. The molecule has 0 aliphatic heterocycles. The Labute approximate surface area is 101 Å². The Hall–Kier alpha value is -1.42. The maximum absolute atomic E-state index is 9.29. The van der Waals surface area contributed by atoms with Gasteiger partial charge in [0.15, 0.2) is 0 Å². The Bertz CT molecular complexity index is 531. The molecule has 2 heterocycles. The van der Waals surface area contributed by atoms with E-state index in [9.17, 15) is 5.11 Å². The van der Waals surface area contributed by atoms with E-state index in [-0.39, 0.29) is 12.6 Å². The van der Waals surface area contributed by atoms with Crippen molar-refractivity contribution in [3.8, 4) is 0 Å². The predicted octanol–water partition coefficient (Wildman–Crippen LogP) is 2.42. The molecule has 1 unspecified atom stereocenters. The van der Waals surface area contributed by atoms with E-state index in [4.69, 9.17) is 0 Å². The van der Waals surface area contributed by atoms with Crippen molar-refractivity contribution in [2.45, 2.75) is 39.7 Å². The lowest BCUT2D eigenvalue weighted by Gasteiger charge is -2.15. The van der Waals surface area contributed by atoms with Crippen molar-refractivity contribution in [3.63, 3.8) is 0 Å². The SMILES string of the molecule is Cc1ccc2nn(C(C)CO)c(C(C)C)c2n1. The van der Waals surface area contributed by atoms with Crippen LogP contribution in [0.2, 0.25) is 0 Å². The van der Waals surface area contributed by atoms with Crippen LogP contribution < -0.4 is 0 Å². The number of aliphatic hydroxyl groups is 1. The molecule has 1 N–H and O–H groups in total. The van der Waals surface area contributed by atoms with E-state index in [2.05, 4.69) is 23.9 Å². The predicted molar refractivity (Wildman–Crippen MR) is 68.2 cm³/mol. The van der Waals surface area contributed by atoms with E-state index in [1.807, 2.05) is 30.7 Å². The fourth-order valence-electron chi connectivity index (χ4n) is 2.05. The summed E-state index contributed by atoms with van der Waals surface area (Å²) in [7, 11) is 0. The highest BCUT2D eigenvalue weighted by Crippen LogP contribution is 2.26. The van der Waals surface area contributed by atoms with Crippen LogP contribution in [0, 0.1) is 6.92 Å². The van der Waals surface area contributed by atoms with Crippen LogP contribution >= 0.6 is 0 Å². The number of fused-ring (bicyclic) bond motifs is 1. The van der Waals surface area contributed by atoms with Crippen LogP contribution in [0.15, 0.2) is 12.1 Å². The molecule has 92 valence electrons. The Morgan fingerprint density at radius 1 is 1.29 bits per heavy atom. The van der Waals surface area contributed by atoms with E-state index in [0.717, 1.165) is 22.4 Å². The minimum Gasteiger partial charge on any atom is -0.394 e. The number of pyridine rings is 1. The van der Waals surface area contributed by atoms with Crippen molar-refractivity contribution < 1.29 is 5.11 Å². The molecule has 2 rings (SSSR count). The summed E-state index contributed by atoms with van der Waals surface area (Å²) in [5, 5.41) is 13.8. The lowest BCUT2D eigenvalue weighted by molar-refractivity contribution is 0.227. The monoisotopic (exact) mass is 233 g/mol. The average Bonchev–Trinajstić information content (AvgIpc) is 2.66. The number of rotatable bonds is 3. The van der Waals surface area contributed by atoms with Gasteiger partial charge in [0.1, 0.15) is 11.0 Å². The molecule has 0 aliphatic rings. The lowest BCUT2D eigenvalue weighted by Crippen LogP contribution is -2.14. The smallest absolute Gasteiger partial charge is 0.112 e. The maximum Gasteiger partial charge on any atom is 0.112 e. The number of aromatic nitrogens is 3. The molecule has 4 heteroatoms. The minimum atomic E-state index is -0.0121. The Balaban J connectivity index is 2.71. The summed E-state index contributed by atoms with van der Waals surface area (Å²) in [6.07, 6.45) is 0. The molecule has 0 fully saturated rings.